The molecule has 0 radical (unpaired) electrons. The molecule has 1 heteroatoms. The highest BCUT2D eigenvalue weighted by Gasteiger charge is 2.06. The van der Waals surface area contributed by atoms with Crippen molar-refractivity contribution in [2.45, 2.75) is 64.8 Å². The lowest BCUT2D eigenvalue weighted by Crippen LogP contribution is -2.22. The van der Waals surface area contributed by atoms with Crippen LogP contribution in [0.5, 0.6) is 0 Å². The molecule has 0 aliphatic rings. The van der Waals surface area contributed by atoms with E-state index in [1.807, 2.05) is 6.08 Å². The number of allylic oxidation sites excluding steroid dienone is 1. The number of hydrogen-bond donors (Lipinski definition) is 1. The molecule has 14 heavy (non-hydrogen) atoms. The Morgan fingerprint density at radius 3 is 2.57 bits per heavy atom. The maximum Gasteiger partial charge on any atom is 0.00413 e. The molecular formula is C13H27N. The third kappa shape index (κ3) is 8.31. The van der Waals surface area contributed by atoms with Crippen molar-refractivity contribution in [2.24, 2.45) is 11.7 Å². The van der Waals surface area contributed by atoms with E-state index in [2.05, 4.69) is 20.4 Å². The van der Waals surface area contributed by atoms with Crippen molar-refractivity contribution >= 4 is 0 Å². The van der Waals surface area contributed by atoms with Gasteiger partial charge in [0.15, 0.2) is 0 Å². The molecule has 2 unspecified atom stereocenters. The van der Waals surface area contributed by atoms with Crippen molar-refractivity contribution in [3.8, 4) is 0 Å². The quantitative estimate of drug-likeness (QED) is 0.440. The largest absolute Gasteiger partial charge is 0.328 e. The third-order valence-corrected chi connectivity index (χ3v) is 2.89. The molecule has 0 aliphatic carbocycles. The standard InChI is InChI=1S/C13H27N/c1-4-6-7-8-9-10-13(14)11-12(3)5-2/h4,12-13H,1,5-11,14H2,2-3H3. The summed E-state index contributed by atoms with van der Waals surface area (Å²) < 4.78 is 0. The summed E-state index contributed by atoms with van der Waals surface area (Å²) in [5.74, 6) is 0.790. The first-order chi connectivity index (χ1) is 6.70. The summed E-state index contributed by atoms with van der Waals surface area (Å²) in [7, 11) is 0. The summed E-state index contributed by atoms with van der Waals surface area (Å²) in [5.41, 5.74) is 6.04. The van der Waals surface area contributed by atoms with Crippen molar-refractivity contribution in [3.63, 3.8) is 0 Å². The van der Waals surface area contributed by atoms with Crippen LogP contribution in [0.3, 0.4) is 0 Å². The van der Waals surface area contributed by atoms with Crippen LogP contribution in [0.1, 0.15) is 58.8 Å². The van der Waals surface area contributed by atoms with Crippen LogP contribution in [0.2, 0.25) is 0 Å². The number of hydrogen-bond acceptors (Lipinski definition) is 1. The van der Waals surface area contributed by atoms with Crippen molar-refractivity contribution < 1.29 is 0 Å². The zero-order valence-corrected chi connectivity index (χ0v) is 9.97. The Hall–Kier alpha value is -0.300. The minimum absolute atomic E-state index is 0.425. The normalized spacial score (nSPS) is 15.1. The van der Waals surface area contributed by atoms with Gasteiger partial charge in [0.1, 0.15) is 0 Å². The summed E-state index contributed by atoms with van der Waals surface area (Å²) in [6.45, 7) is 8.25. The zero-order valence-electron chi connectivity index (χ0n) is 9.97. The molecule has 0 fully saturated rings. The topological polar surface area (TPSA) is 26.0 Å². The summed E-state index contributed by atoms with van der Waals surface area (Å²) in [4.78, 5) is 0. The van der Waals surface area contributed by atoms with Gasteiger partial charge in [-0.3, -0.25) is 0 Å². The van der Waals surface area contributed by atoms with Gasteiger partial charge in [0.05, 0.1) is 0 Å². The summed E-state index contributed by atoms with van der Waals surface area (Å²) in [6, 6.07) is 0.425. The number of rotatable bonds is 9. The molecule has 84 valence electrons. The third-order valence-electron chi connectivity index (χ3n) is 2.89. The Bertz CT molecular complexity index is 131. The maximum atomic E-state index is 6.04. The van der Waals surface area contributed by atoms with E-state index in [0.29, 0.717) is 6.04 Å². The second-order valence-electron chi connectivity index (χ2n) is 4.44. The predicted octanol–water partition coefficient (Wildman–Crippen LogP) is 3.89. The van der Waals surface area contributed by atoms with Gasteiger partial charge in [0.2, 0.25) is 0 Å². The summed E-state index contributed by atoms with van der Waals surface area (Å²) >= 11 is 0. The van der Waals surface area contributed by atoms with Crippen LogP contribution >= 0.6 is 0 Å². The van der Waals surface area contributed by atoms with Crippen LogP contribution in [0, 0.1) is 5.92 Å². The van der Waals surface area contributed by atoms with Crippen LogP contribution in [-0.2, 0) is 0 Å². The molecule has 0 amide bonds. The van der Waals surface area contributed by atoms with E-state index in [-0.39, 0.29) is 0 Å². The van der Waals surface area contributed by atoms with Crippen molar-refractivity contribution in [1.29, 1.82) is 0 Å². The first-order valence-corrected chi connectivity index (χ1v) is 6.07. The number of unbranched alkanes of at least 4 members (excludes halogenated alkanes) is 3. The highest BCUT2D eigenvalue weighted by atomic mass is 14.6. The molecule has 0 aliphatic heterocycles. The molecule has 2 atom stereocenters. The van der Waals surface area contributed by atoms with Crippen LogP contribution in [0.4, 0.5) is 0 Å². The zero-order chi connectivity index (χ0) is 10.8. The second kappa shape index (κ2) is 9.26. The minimum Gasteiger partial charge on any atom is -0.328 e. The van der Waals surface area contributed by atoms with Gasteiger partial charge in [0, 0.05) is 6.04 Å². The van der Waals surface area contributed by atoms with E-state index in [4.69, 9.17) is 5.73 Å². The molecule has 0 aromatic carbocycles. The van der Waals surface area contributed by atoms with E-state index in [1.165, 1.54) is 38.5 Å². The smallest absolute Gasteiger partial charge is 0.00413 e. The van der Waals surface area contributed by atoms with Gasteiger partial charge in [-0.25, -0.2) is 0 Å². The molecule has 2 N–H and O–H groups in total. The highest BCUT2D eigenvalue weighted by molar-refractivity contribution is 4.68. The lowest BCUT2D eigenvalue weighted by Gasteiger charge is -2.15. The van der Waals surface area contributed by atoms with Crippen molar-refractivity contribution in [3.05, 3.63) is 12.7 Å². The molecular weight excluding hydrogens is 170 g/mol. The lowest BCUT2D eigenvalue weighted by molar-refractivity contribution is 0.424. The van der Waals surface area contributed by atoms with Gasteiger partial charge >= 0.3 is 0 Å². The summed E-state index contributed by atoms with van der Waals surface area (Å²) in [6.07, 6.45) is 10.7. The maximum absolute atomic E-state index is 6.04. The van der Waals surface area contributed by atoms with E-state index in [9.17, 15) is 0 Å². The van der Waals surface area contributed by atoms with Crippen molar-refractivity contribution in [2.75, 3.05) is 0 Å². The molecule has 0 saturated carbocycles. The molecule has 0 saturated heterocycles. The molecule has 0 heterocycles. The molecule has 1 nitrogen and oxygen atoms in total. The lowest BCUT2D eigenvalue weighted by atomic mass is 9.96. The van der Waals surface area contributed by atoms with Crippen LogP contribution in [0.15, 0.2) is 12.7 Å². The fourth-order valence-electron chi connectivity index (χ4n) is 1.67. The van der Waals surface area contributed by atoms with Gasteiger partial charge in [-0.1, -0.05) is 39.2 Å². The fourth-order valence-corrected chi connectivity index (χ4v) is 1.67. The average molecular weight is 197 g/mol. The highest BCUT2D eigenvalue weighted by Crippen LogP contribution is 2.13. The first-order valence-electron chi connectivity index (χ1n) is 6.07. The molecule has 0 aromatic rings. The van der Waals surface area contributed by atoms with E-state index >= 15 is 0 Å². The van der Waals surface area contributed by atoms with Crippen LogP contribution < -0.4 is 5.73 Å². The van der Waals surface area contributed by atoms with Gasteiger partial charge in [-0.2, -0.15) is 0 Å². The average Bonchev–Trinajstić information content (AvgIpc) is 2.17. The van der Waals surface area contributed by atoms with Gasteiger partial charge in [0.25, 0.3) is 0 Å². The van der Waals surface area contributed by atoms with E-state index < -0.39 is 0 Å². The minimum atomic E-state index is 0.425. The first kappa shape index (κ1) is 13.7. The van der Waals surface area contributed by atoms with Crippen molar-refractivity contribution in [1.82, 2.24) is 0 Å². The number of nitrogens with two attached hydrogens (primary N) is 1. The van der Waals surface area contributed by atoms with E-state index in [1.54, 1.807) is 0 Å². The molecule has 0 aromatic heterocycles. The SMILES string of the molecule is C=CCCCCCC(N)CC(C)CC. The Kier molecular flexibility index (Phi) is 9.06. The molecule has 0 rings (SSSR count). The fraction of sp³-hybridized carbons (Fsp3) is 0.846. The summed E-state index contributed by atoms with van der Waals surface area (Å²) in [5, 5.41) is 0. The van der Waals surface area contributed by atoms with Gasteiger partial charge < -0.3 is 5.73 Å². The Balaban J connectivity index is 3.26. The Labute approximate surface area is 89.8 Å². The van der Waals surface area contributed by atoms with E-state index in [0.717, 1.165) is 12.3 Å². The molecule has 0 spiro atoms. The Morgan fingerprint density at radius 2 is 2.00 bits per heavy atom. The monoisotopic (exact) mass is 197 g/mol. The van der Waals surface area contributed by atoms with Gasteiger partial charge in [-0.15, -0.1) is 6.58 Å². The van der Waals surface area contributed by atoms with Crippen LogP contribution in [0.25, 0.3) is 0 Å². The predicted molar refractivity (Wildman–Crippen MR) is 65.3 cm³/mol. The van der Waals surface area contributed by atoms with Gasteiger partial charge in [-0.05, 0) is 31.6 Å². The Morgan fingerprint density at radius 1 is 1.29 bits per heavy atom. The second-order valence-corrected chi connectivity index (χ2v) is 4.44. The van der Waals surface area contributed by atoms with Crippen LogP contribution in [-0.4, -0.2) is 6.04 Å². The molecule has 0 bridgehead atoms.